The molecule has 0 atom stereocenters. The van der Waals surface area contributed by atoms with Crippen LogP contribution >= 0.6 is 23.6 Å². The van der Waals surface area contributed by atoms with Gasteiger partial charge >= 0.3 is 5.51 Å². The van der Waals surface area contributed by atoms with Crippen LogP contribution in [0.1, 0.15) is 5.56 Å². The molecule has 1 aromatic rings. The Morgan fingerprint density at radius 1 is 1.43 bits per heavy atom. The Morgan fingerprint density at radius 3 is 2.57 bits per heavy atom. The van der Waals surface area contributed by atoms with E-state index in [4.69, 9.17) is 11.6 Å². The fourth-order valence-corrected chi connectivity index (χ4v) is 1.07. The number of hydrogen-bond donors (Lipinski definition) is 0. The molecule has 0 aromatic carbocycles. The second kappa shape index (κ2) is 4.75. The molecule has 0 saturated carbocycles. The van der Waals surface area contributed by atoms with Crippen LogP contribution in [-0.2, 0) is 5.88 Å². The van der Waals surface area contributed by atoms with E-state index in [0.717, 1.165) is 5.56 Å². The monoisotopic (exact) mass is 243 g/mol. The second-order valence-electron chi connectivity index (χ2n) is 2.25. The molecule has 0 radical (unpaired) electrons. The molecule has 14 heavy (non-hydrogen) atoms. The van der Waals surface area contributed by atoms with E-state index in [9.17, 15) is 13.2 Å². The van der Waals surface area contributed by atoms with Crippen LogP contribution in [0.15, 0.2) is 18.3 Å². The Labute approximate surface area is 87.6 Å². The van der Waals surface area contributed by atoms with E-state index in [0.29, 0.717) is 0 Å². The molecule has 1 heterocycles. The largest absolute Gasteiger partial charge is 0.479 e. The number of aromatic nitrogens is 1. The van der Waals surface area contributed by atoms with Crippen molar-refractivity contribution < 1.29 is 17.4 Å². The summed E-state index contributed by atoms with van der Waals surface area (Å²) in [6.07, 6.45) is 1.36. The van der Waals surface area contributed by atoms with Gasteiger partial charge in [0.15, 0.2) is 12.0 Å². The number of halogens is 4. The van der Waals surface area contributed by atoms with Gasteiger partial charge in [-0.25, -0.2) is 4.98 Å². The first-order valence-electron chi connectivity index (χ1n) is 3.44. The van der Waals surface area contributed by atoms with Crippen molar-refractivity contribution in [3.63, 3.8) is 0 Å². The van der Waals surface area contributed by atoms with Crippen LogP contribution in [0.2, 0.25) is 0 Å². The number of pyridine rings is 1. The average molecular weight is 244 g/mol. The Morgan fingerprint density at radius 2 is 2.14 bits per heavy atom. The predicted octanol–water partition coefficient (Wildman–Crippen LogP) is 3.37. The number of nitrogens with zero attached hydrogens (tertiary/aromatic N) is 1. The highest BCUT2D eigenvalue weighted by atomic mass is 35.5. The molecule has 0 fully saturated rings. The summed E-state index contributed by atoms with van der Waals surface area (Å²) in [5, 5.41) is 0. The zero-order valence-electron chi connectivity index (χ0n) is 6.71. The first kappa shape index (κ1) is 11.5. The van der Waals surface area contributed by atoms with Crippen molar-refractivity contribution in [1.29, 1.82) is 0 Å². The van der Waals surface area contributed by atoms with Gasteiger partial charge < -0.3 is 4.18 Å². The van der Waals surface area contributed by atoms with Crippen LogP contribution in [0, 0.1) is 0 Å². The molecule has 0 unspecified atom stereocenters. The van der Waals surface area contributed by atoms with Crippen LogP contribution in [0.5, 0.6) is 5.88 Å². The first-order chi connectivity index (χ1) is 6.51. The summed E-state index contributed by atoms with van der Waals surface area (Å²) in [6.45, 7) is 0. The second-order valence-corrected chi connectivity index (χ2v) is 3.31. The predicted molar refractivity (Wildman–Crippen MR) is 48.1 cm³/mol. The highest BCUT2D eigenvalue weighted by molar-refractivity contribution is 7.95. The Balaban J connectivity index is 2.52. The lowest BCUT2D eigenvalue weighted by atomic mass is 10.3. The SMILES string of the molecule is FC(F)(F)SOc1ccc(CCl)cn1. The fourth-order valence-electron chi connectivity index (χ4n) is 0.629. The summed E-state index contributed by atoms with van der Waals surface area (Å²) < 4.78 is 39.3. The standard InChI is InChI=1S/C7H5ClF3NOS/c8-3-5-1-2-6(12-4-5)13-14-7(9,10)11/h1-2,4H,3H2. The fraction of sp³-hybridized carbons (Fsp3) is 0.286. The molecular weight excluding hydrogens is 239 g/mol. The van der Waals surface area contributed by atoms with Gasteiger partial charge in [0, 0.05) is 18.1 Å². The van der Waals surface area contributed by atoms with Gasteiger partial charge in [-0.05, 0) is 5.56 Å². The number of hydrogen-bond acceptors (Lipinski definition) is 3. The van der Waals surface area contributed by atoms with Crippen LogP contribution in [0.4, 0.5) is 13.2 Å². The minimum atomic E-state index is -4.42. The van der Waals surface area contributed by atoms with Gasteiger partial charge in [0.2, 0.25) is 5.88 Å². The summed E-state index contributed by atoms with van der Waals surface area (Å²) in [5.41, 5.74) is -3.71. The molecule has 0 aliphatic rings. The van der Waals surface area contributed by atoms with E-state index in [-0.39, 0.29) is 11.8 Å². The van der Waals surface area contributed by atoms with E-state index in [1.54, 1.807) is 6.07 Å². The van der Waals surface area contributed by atoms with Crippen LogP contribution < -0.4 is 4.18 Å². The molecule has 78 valence electrons. The van der Waals surface area contributed by atoms with Gasteiger partial charge in [-0.3, -0.25) is 0 Å². The molecule has 0 N–H and O–H groups in total. The van der Waals surface area contributed by atoms with E-state index < -0.39 is 17.6 Å². The molecule has 7 heteroatoms. The molecule has 0 amide bonds. The minimum absolute atomic E-state index is 0.0961. The van der Waals surface area contributed by atoms with Gasteiger partial charge in [-0.2, -0.15) is 13.2 Å². The van der Waals surface area contributed by atoms with Crippen LogP contribution in [0.25, 0.3) is 0 Å². The van der Waals surface area contributed by atoms with Gasteiger partial charge in [0.1, 0.15) is 0 Å². The molecule has 1 rings (SSSR count). The van der Waals surface area contributed by atoms with E-state index >= 15 is 0 Å². The average Bonchev–Trinajstić information content (AvgIpc) is 2.14. The van der Waals surface area contributed by atoms with Crippen molar-refractivity contribution in [2.24, 2.45) is 0 Å². The lowest BCUT2D eigenvalue weighted by molar-refractivity contribution is -0.0370. The van der Waals surface area contributed by atoms with Gasteiger partial charge in [-0.1, -0.05) is 6.07 Å². The molecule has 0 spiro atoms. The minimum Gasteiger partial charge on any atom is -0.397 e. The van der Waals surface area contributed by atoms with Crippen molar-refractivity contribution in [3.8, 4) is 5.88 Å². The maximum Gasteiger partial charge on any atom is 0.479 e. The topological polar surface area (TPSA) is 22.1 Å². The highest BCUT2D eigenvalue weighted by Gasteiger charge is 2.31. The first-order valence-corrected chi connectivity index (χ1v) is 4.72. The summed E-state index contributed by atoms with van der Waals surface area (Å²) in [6, 6.07) is 2.88. The number of rotatable bonds is 3. The van der Waals surface area contributed by atoms with E-state index in [1.807, 2.05) is 0 Å². The van der Waals surface area contributed by atoms with Crippen molar-refractivity contribution in [2.75, 3.05) is 0 Å². The Kier molecular flexibility index (Phi) is 3.88. The summed E-state index contributed by atoms with van der Waals surface area (Å²) in [5.74, 6) is 0.167. The smallest absolute Gasteiger partial charge is 0.397 e. The normalized spacial score (nSPS) is 11.4. The molecule has 1 aromatic heterocycles. The maximum absolute atomic E-state index is 11.7. The van der Waals surface area contributed by atoms with E-state index in [2.05, 4.69) is 9.17 Å². The summed E-state index contributed by atoms with van der Waals surface area (Å²) in [7, 11) is 0. The third-order valence-electron chi connectivity index (χ3n) is 1.17. The highest BCUT2D eigenvalue weighted by Crippen LogP contribution is 2.31. The molecule has 0 aliphatic heterocycles. The van der Waals surface area contributed by atoms with Crippen molar-refractivity contribution in [1.82, 2.24) is 4.98 Å². The zero-order valence-corrected chi connectivity index (χ0v) is 8.29. The lowest BCUT2D eigenvalue weighted by Crippen LogP contribution is -2.03. The van der Waals surface area contributed by atoms with Crippen LogP contribution in [-0.4, -0.2) is 10.5 Å². The molecule has 0 saturated heterocycles. The third-order valence-corrected chi connectivity index (χ3v) is 1.93. The Bertz CT molecular complexity index is 290. The van der Waals surface area contributed by atoms with Crippen molar-refractivity contribution in [2.45, 2.75) is 11.4 Å². The lowest BCUT2D eigenvalue weighted by Gasteiger charge is -2.05. The third kappa shape index (κ3) is 4.06. The summed E-state index contributed by atoms with van der Waals surface area (Å²) in [4.78, 5) is 3.63. The number of alkyl halides is 4. The van der Waals surface area contributed by atoms with Crippen molar-refractivity contribution in [3.05, 3.63) is 23.9 Å². The van der Waals surface area contributed by atoms with Gasteiger partial charge in [0.05, 0.1) is 0 Å². The Hall–Kier alpha value is -0.620. The zero-order chi connectivity index (χ0) is 10.6. The molecular formula is C7H5ClF3NOS. The van der Waals surface area contributed by atoms with E-state index in [1.165, 1.54) is 12.3 Å². The quantitative estimate of drug-likeness (QED) is 0.600. The summed E-state index contributed by atoms with van der Waals surface area (Å²) >= 11 is 4.87. The van der Waals surface area contributed by atoms with Crippen LogP contribution in [0.3, 0.4) is 0 Å². The van der Waals surface area contributed by atoms with Gasteiger partial charge in [0.25, 0.3) is 0 Å². The molecule has 0 aliphatic carbocycles. The van der Waals surface area contributed by atoms with Crippen molar-refractivity contribution >= 4 is 23.6 Å². The van der Waals surface area contributed by atoms with Gasteiger partial charge in [-0.15, -0.1) is 11.6 Å². The molecule has 2 nitrogen and oxygen atoms in total. The molecule has 0 bridgehead atoms. The maximum atomic E-state index is 11.7.